The Morgan fingerprint density at radius 2 is 1.75 bits per heavy atom. The van der Waals surface area contributed by atoms with E-state index in [0.717, 1.165) is 19.2 Å². The molecule has 8 nitrogen and oxygen atoms in total. The number of rotatable bonds is 4. The van der Waals surface area contributed by atoms with Gasteiger partial charge in [-0.15, -0.1) is 12.4 Å². The fraction of sp³-hybridized carbons (Fsp3) is 0.273. The Hall–Kier alpha value is -3.30. The molecule has 4 rings (SSSR count). The number of phenols is 1. The first kappa shape index (κ1) is 23.4. The van der Waals surface area contributed by atoms with Gasteiger partial charge in [0, 0.05) is 38.1 Å². The number of piperazine rings is 1. The van der Waals surface area contributed by atoms with Crippen molar-refractivity contribution in [2.24, 2.45) is 0 Å². The summed E-state index contributed by atoms with van der Waals surface area (Å²) in [4.78, 5) is 28.6. The predicted molar refractivity (Wildman–Crippen MR) is 122 cm³/mol. The Bertz CT molecular complexity index is 1220. The molecule has 1 aromatic heterocycles. The molecule has 2 aromatic carbocycles. The van der Waals surface area contributed by atoms with Crippen molar-refractivity contribution < 1.29 is 24.1 Å². The number of methoxy groups -OCH3 is 1. The van der Waals surface area contributed by atoms with Crippen molar-refractivity contribution in [1.82, 2.24) is 9.47 Å². The number of benzene rings is 2. The van der Waals surface area contributed by atoms with Gasteiger partial charge in [-0.25, -0.2) is 9.18 Å². The van der Waals surface area contributed by atoms with Crippen LogP contribution in [0.1, 0.15) is 10.4 Å². The molecule has 170 valence electrons. The van der Waals surface area contributed by atoms with Gasteiger partial charge in [-0.1, -0.05) is 0 Å². The van der Waals surface area contributed by atoms with E-state index < -0.39 is 22.8 Å². The number of nitrogens with zero attached hydrogens (tertiary/aromatic N) is 3. The maximum Gasteiger partial charge on any atom is 0.341 e. The first-order valence-corrected chi connectivity index (χ1v) is 9.74. The molecular formula is C22H23ClFN3O5. The first-order chi connectivity index (χ1) is 14.8. The summed E-state index contributed by atoms with van der Waals surface area (Å²) < 4.78 is 22.4. The molecule has 0 saturated carbocycles. The van der Waals surface area contributed by atoms with Crippen LogP contribution in [-0.4, -0.2) is 66.0 Å². The SMILES string of the molecule is COc1c(N2CCN(C)CC2)c(F)cc2c(=O)c(C(=O)O)cn(-c3ccc(O)cc3)c12.Cl. The van der Waals surface area contributed by atoms with Gasteiger partial charge in [-0.05, 0) is 37.4 Å². The Morgan fingerprint density at radius 3 is 2.31 bits per heavy atom. The van der Waals surface area contributed by atoms with Crippen molar-refractivity contribution >= 4 is 35.0 Å². The van der Waals surface area contributed by atoms with Crippen LogP contribution >= 0.6 is 12.4 Å². The van der Waals surface area contributed by atoms with Gasteiger partial charge >= 0.3 is 5.97 Å². The number of likely N-dealkylation sites (N-methyl/N-ethyl adjacent to an activating group) is 1. The smallest absolute Gasteiger partial charge is 0.341 e. The second-order valence-corrected chi connectivity index (χ2v) is 7.49. The Kier molecular flexibility index (Phi) is 6.61. The van der Waals surface area contributed by atoms with Gasteiger partial charge in [-0.3, -0.25) is 4.79 Å². The molecule has 3 aromatic rings. The van der Waals surface area contributed by atoms with Gasteiger partial charge in [0.05, 0.1) is 12.5 Å². The quantitative estimate of drug-likeness (QED) is 0.614. The van der Waals surface area contributed by atoms with E-state index in [-0.39, 0.29) is 40.5 Å². The second-order valence-electron chi connectivity index (χ2n) is 7.49. The molecule has 2 N–H and O–H groups in total. The molecular weight excluding hydrogens is 441 g/mol. The number of aromatic hydroxyl groups is 1. The lowest BCUT2D eigenvalue weighted by Gasteiger charge is -2.35. The number of ether oxygens (including phenoxy) is 1. The number of fused-ring (bicyclic) bond motifs is 1. The van der Waals surface area contributed by atoms with Crippen LogP contribution in [0.3, 0.4) is 0 Å². The molecule has 0 atom stereocenters. The van der Waals surface area contributed by atoms with Gasteiger partial charge < -0.3 is 29.3 Å². The summed E-state index contributed by atoms with van der Waals surface area (Å²) in [5.74, 6) is -1.88. The molecule has 0 bridgehead atoms. The highest BCUT2D eigenvalue weighted by molar-refractivity contribution is 5.97. The number of hydrogen-bond donors (Lipinski definition) is 2. The monoisotopic (exact) mass is 463 g/mol. The summed E-state index contributed by atoms with van der Waals surface area (Å²) in [6.07, 6.45) is 1.20. The summed E-state index contributed by atoms with van der Waals surface area (Å²) in [7, 11) is 3.38. The Labute approximate surface area is 189 Å². The summed E-state index contributed by atoms with van der Waals surface area (Å²) in [5.41, 5.74) is -0.301. The average molecular weight is 464 g/mol. The van der Waals surface area contributed by atoms with Gasteiger partial charge in [0.15, 0.2) is 11.6 Å². The van der Waals surface area contributed by atoms with Crippen molar-refractivity contribution in [3.05, 3.63) is 58.1 Å². The summed E-state index contributed by atoms with van der Waals surface area (Å²) in [6, 6.07) is 7.11. The van der Waals surface area contributed by atoms with Crippen molar-refractivity contribution in [2.45, 2.75) is 0 Å². The van der Waals surface area contributed by atoms with E-state index in [1.807, 2.05) is 11.9 Å². The number of carboxylic acids is 1. The summed E-state index contributed by atoms with van der Waals surface area (Å²) in [5, 5.41) is 19.1. The number of anilines is 1. The van der Waals surface area contributed by atoms with Gasteiger partial charge in [-0.2, -0.15) is 0 Å². The zero-order valence-corrected chi connectivity index (χ0v) is 18.4. The molecule has 0 spiro atoms. The van der Waals surface area contributed by atoms with E-state index in [9.17, 15) is 19.8 Å². The number of aromatic nitrogens is 1. The maximum absolute atomic E-state index is 15.3. The number of carboxylic acid groups (broad SMARTS) is 1. The van der Waals surface area contributed by atoms with Gasteiger partial charge in [0.2, 0.25) is 5.43 Å². The van der Waals surface area contributed by atoms with Crippen molar-refractivity contribution in [1.29, 1.82) is 0 Å². The minimum absolute atomic E-state index is 0. The lowest BCUT2D eigenvalue weighted by atomic mass is 10.1. The minimum atomic E-state index is -1.41. The summed E-state index contributed by atoms with van der Waals surface area (Å²) in [6.45, 7) is 2.63. The van der Waals surface area contributed by atoms with Crippen LogP contribution in [0.2, 0.25) is 0 Å². The van der Waals surface area contributed by atoms with Crippen molar-refractivity contribution in [3.63, 3.8) is 0 Å². The van der Waals surface area contributed by atoms with Crippen LogP contribution in [0.15, 0.2) is 41.3 Å². The van der Waals surface area contributed by atoms with Gasteiger partial charge in [0.1, 0.15) is 22.5 Å². The topological polar surface area (TPSA) is 95.2 Å². The fourth-order valence-corrected chi connectivity index (χ4v) is 3.90. The lowest BCUT2D eigenvalue weighted by Crippen LogP contribution is -2.45. The van der Waals surface area contributed by atoms with Crippen molar-refractivity contribution in [3.8, 4) is 17.2 Å². The van der Waals surface area contributed by atoms with E-state index in [1.54, 1.807) is 12.1 Å². The summed E-state index contributed by atoms with van der Waals surface area (Å²) >= 11 is 0. The maximum atomic E-state index is 15.3. The predicted octanol–water partition coefficient (Wildman–Crippen LogP) is 2.72. The minimum Gasteiger partial charge on any atom is -0.508 e. The molecule has 32 heavy (non-hydrogen) atoms. The van der Waals surface area contributed by atoms with E-state index >= 15 is 4.39 Å². The molecule has 1 fully saturated rings. The highest BCUT2D eigenvalue weighted by atomic mass is 35.5. The van der Waals surface area contributed by atoms with E-state index in [2.05, 4.69) is 4.90 Å². The third kappa shape index (κ3) is 3.96. The lowest BCUT2D eigenvalue weighted by molar-refractivity contribution is 0.0695. The standard InChI is InChI=1S/C22H22FN3O5.ClH/c1-24-7-9-25(10-8-24)19-17(23)11-15-18(21(19)31-2)26(12-16(20(15)28)22(29)30)13-3-5-14(27)6-4-13;/h3-6,11-12,27H,7-10H2,1-2H3,(H,29,30);1H. The van der Waals surface area contributed by atoms with Crippen molar-refractivity contribution in [2.75, 3.05) is 45.2 Å². The van der Waals surface area contributed by atoms with E-state index in [0.29, 0.717) is 18.8 Å². The fourth-order valence-electron chi connectivity index (χ4n) is 3.90. The highest BCUT2D eigenvalue weighted by Crippen LogP contribution is 2.39. The largest absolute Gasteiger partial charge is 0.508 e. The van der Waals surface area contributed by atoms with E-state index in [4.69, 9.17) is 4.74 Å². The highest BCUT2D eigenvalue weighted by Gasteiger charge is 2.27. The molecule has 2 heterocycles. The number of pyridine rings is 1. The number of phenolic OH excluding ortho intramolecular Hbond substituents is 1. The molecule has 10 heteroatoms. The normalized spacial score (nSPS) is 14.3. The molecule has 0 amide bonds. The zero-order chi connectivity index (χ0) is 22.3. The number of carbonyl (C=O) groups is 1. The van der Waals surface area contributed by atoms with Crippen LogP contribution in [0.25, 0.3) is 16.6 Å². The molecule has 0 aliphatic carbocycles. The van der Waals surface area contributed by atoms with Crippen LogP contribution in [0.5, 0.6) is 11.5 Å². The first-order valence-electron chi connectivity index (χ1n) is 9.74. The number of hydrogen-bond acceptors (Lipinski definition) is 6. The van der Waals surface area contributed by atoms with Crippen LogP contribution in [0, 0.1) is 5.82 Å². The molecule has 0 radical (unpaired) electrons. The average Bonchev–Trinajstić information content (AvgIpc) is 2.75. The molecule has 1 aliphatic heterocycles. The third-order valence-corrected chi connectivity index (χ3v) is 5.55. The number of halogens is 2. The van der Waals surface area contributed by atoms with Crippen LogP contribution in [0.4, 0.5) is 10.1 Å². The van der Waals surface area contributed by atoms with Crippen LogP contribution in [-0.2, 0) is 0 Å². The molecule has 0 unspecified atom stereocenters. The zero-order valence-electron chi connectivity index (χ0n) is 17.5. The third-order valence-electron chi connectivity index (χ3n) is 5.55. The Morgan fingerprint density at radius 1 is 1.12 bits per heavy atom. The van der Waals surface area contributed by atoms with Crippen LogP contribution < -0.4 is 15.1 Å². The van der Waals surface area contributed by atoms with E-state index in [1.165, 1.54) is 30.0 Å². The molecule has 1 saturated heterocycles. The van der Waals surface area contributed by atoms with Gasteiger partial charge in [0.25, 0.3) is 0 Å². The Balaban J connectivity index is 0.00000289. The number of aromatic carboxylic acids is 1. The second kappa shape index (κ2) is 9.05. The molecule has 1 aliphatic rings.